The molecule has 160 valence electrons. The molecule has 0 aromatic heterocycles. The summed E-state index contributed by atoms with van der Waals surface area (Å²) in [7, 11) is 0. The molecule has 2 fully saturated rings. The Morgan fingerprint density at radius 1 is 0.967 bits per heavy atom. The first kappa shape index (κ1) is 21.5. The fourth-order valence-corrected chi connectivity index (χ4v) is 4.94. The van der Waals surface area contributed by atoms with E-state index in [0.717, 1.165) is 37.7 Å². The summed E-state index contributed by atoms with van der Waals surface area (Å²) in [4.78, 5) is 17.4. The molecule has 0 radical (unpaired) electrons. The van der Waals surface area contributed by atoms with Crippen LogP contribution in [0.15, 0.2) is 42.5 Å². The van der Waals surface area contributed by atoms with Crippen LogP contribution < -0.4 is 4.74 Å². The van der Waals surface area contributed by atoms with Gasteiger partial charge in [-0.2, -0.15) is 0 Å². The van der Waals surface area contributed by atoms with Gasteiger partial charge in [0.05, 0.1) is 10.6 Å². The van der Waals surface area contributed by atoms with Gasteiger partial charge in [-0.15, -0.1) is 12.4 Å². The van der Waals surface area contributed by atoms with Crippen LogP contribution in [0.5, 0.6) is 5.75 Å². The first-order chi connectivity index (χ1) is 14.2. The zero-order valence-electron chi connectivity index (χ0n) is 17.1. The normalized spacial score (nSPS) is 19.7. The van der Waals surface area contributed by atoms with E-state index in [-0.39, 0.29) is 24.4 Å². The molecule has 3 aliphatic rings. The monoisotopic (exact) mass is 446 g/mol. The van der Waals surface area contributed by atoms with Gasteiger partial charge in [0, 0.05) is 32.2 Å². The average Bonchev–Trinajstić information content (AvgIpc) is 3.12. The van der Waals surface area contributed by atoms with Crippen molar-refractivity contribution in [1.82, 2.24) is 9.80 Å². The third kappa shape index (κ3) is 4.32. The summed E-state index contributed by atoms with van der Waals surface area (Å²) in [5.74, 6) is 0.741. The highest BCUT2D eigenvalue weighted by atomic mass is 35.5. The van der Waals surface area contributed by atoms with Crippen LogP contribution in [0.2, 0.25) is 5.02 Å². The Kier molecular flexibility index (Phi) is 6.57. The predicted octanol–water partition coefficient (Wildman–Crippen LogP) is 5.31. The number of carbonyl (C=O) groups excluding carboxylic acids is 1. The maximum absolute atomic E-state index is 13.0. The Balaban J connectivity index is 0.00000218. The highest BCUT2D eigenvalue weighted by molar-refractivity contribution is 6.34. The lowest BCUT2D eigenvalue weighted by molar-refractivity contribution is 0.0493. The lowest BCUT2D eigenvalue weighted by atomic mass is 9.90. The SMILES string of the molecule is Cl.O=C(c1ccc(OC2CCN(C3CCC3)CC2)cc1Cl)N1Cc2ccccc2C1. The predicted molar refractivity (Wildman–Crippen MR) is 122 cm³/mol. The number of nitrogens with zero attached hydrogens (tertiary/aromatic N) is 2. The Hall–Kier alpha value is -1.75. The van der Waals surface area contributed by atoms with Gasteiger partial charge in [0.15, 0.2) is 0 Å². The molecule has 0 bridgehead atoms. The Labute approximate surface area is 189 Å². The molecule has 2 aromatic rings. The second-order valence-corrected chi connectivity index (χ2v) is 8.92. The number of hydrogen-bond donors (Lipinski definition) is 0. The molecule has 0 spiro atoms. The molecule has 0 N–H and O–H groups in total. The van der Waals surface area contributed by atoms with E-state index < -0.39 is 0 Å². The van der Waals surface area contributed by atoms with E-state index >= 15 is 0 Å². The molecule has 2 heterocycles. The van der Waals surface area contributed by atoms with Crippen molar-refractivity contribution in [2.45, 2.75) is 57.3 Å². The summed E-state index contributed by atoms with van der Waals surface area (Å²) in [6.07, 6.45) is 6.45. The van der Waals surface area contributed by atoms with Crippen molar-refractivity contribution < 1.29 is 9.53 Å². The molecule has 1 amide bonds. The van der Waals surface area contributed by atoms with E-state index in [9.17, 15) is 4.79 Å². The number of ether oxygens (including phenoxy) is 1. The van der Waals surface area contributed by atoms with Crippen molar-refractivity contribution in [1.29, 1.82) is 0 Å². The van der Waals surface area contributed by atoms with Crippen LogP contribution in [-0.4, -0.2) is 40.9 Å². The second kappa shape index (κ2) is 9.17. The maximum atomic E-state index is 13.0. The molecule has 6 heteroatoms. The first-order valence-corrected chi connectivity index (χ1v) is 11.1. The number of carbonyl (C=O) groups is 1. The molecule has 2 aromatic carbocycles. The van der Waals surface area contributed by atoms with Gasteiger partial charge < -0.3 is 14.5 Å². The van der Waals surface area contributed by atoms with Crippen LogP contribution in [0.25, 0.3) is 0 Å². The number of amides is 1. The van der Waals surface area contributed by atoms with Crippen LogP contribution >= 0.6 is 24.0 Å². The van der Waals surface area contributed by atoms with Crippen LogP contribution in [0.4, 0.5) is 0 Å². The Bertz CT molecular complexity index is 883. The van der Waals surface area contributed by atoms with Crippen molar-refractivity contribution >= 4 is 29.9 Å². The second-order valence-electron chi connectivity index (χ2n) is 8.51. The van der Waals surface area contributed by atoms with Crippen molar-refractivity contribution in [2.24, 2.45) is 0 Å². The lowest BCUT2D eigenvalue weighted by Crippen LogP contribution is -2.46. The van der Waals surface area contributed by atoms with Crippen LogP contribution in [0, 0.1) is 0 Å². The first-order valence-electron chi connectivity index (χ1n) is 10.7. The van der Waals surface area contributed by atoms with E-state index in [1.807, 2.05) is 29.2 Å². The largest absolute Gasteiger partial charge is 0.490 e. The fraction of sp³-hybridized carbons (Fsp3) is 0.458. The van der Waals surface area contributed by atoms with E-state index in [1.165, 1.54) is 30.4 Å². The fourth-order valence-electron chi connectivity index (χ4n) is 4.69. The molecule has 4 nitrogen and oxygen atoms in total. The molecule has 0 atom stereocenters. The lowest BCUT2D eigenvalue weighted by Gasteiger charge is -2.41. The number of halogens is 2. The van der Waals surface area contributed by atoms with Crippen molar-refractivity contribution in [2.75, 3.05) is 13.1 Å². The molecule has 2 aliphatic heterocycles. The molecular formula is C24H28Cl2N2O2. The molecular weight excluding hydrogens is 419 g/mol. The minimum Gasteiger partial charge on any atom is -0.490 e. The summed E-state index contributed by atoms with van der Waals surface area (Å²) in [6.45, 7) is 3.52. The zero-order chi connectivity index (χ0) is 19.8. The highest BCUT2D eigenvalue weighted by Gasteiger charge is 2.30. The number of piperidine rings is 1. The molecule has 1 aliphatic carbocycles. The summed E-state index contributed by atoms with van der Waals surface area (Å²) < 4.78 is 6.19. The number of benzene rings is 2. The summed E-state index contributed by atoms with van der Waals surface area (Å²) in [6, 6.07) is 14.5. The smallest absolute Gasteiger partial charge is 0.255 e. The van der Waals surface area contributed by atoms with Gasteiger partial charge >= 0.3 is 0 Å². The van der Waals surface area contributed by atoms with Gasteiger partial charge in [0.2, 0.25) is 0 Å². The van der Waals surface area contributed by atoms with E-state index in [1.54, 1.807) is 6.07 Å². The molecule has 0 unspecified atom stereocenters. The van der Waals surface area contributed by atoms with Crippen molar-refractivity contribution in [3.05, 3.63) is 64.2 Å². The summed E-state index contributed by atoms with van der Waals surface area (Å²) in [5, 5.41) is 0.468. The van der Waals surface area contributed by atoms with Crippen molar-refractivity contribution in [3.63, 3.8) is 0 Å². The molecule has 1 saturated carbocycles. The van der Waals surface area contributed by atoms with Gasteiger partial charge in [-0.3, -0.25) is 4.79 Å². The third-order valence-corrected chi connectivity index (χ3v) is 6.98. The Morgan fingerprint density at radius 2 is 1.63 bits per heavy atom. The molecule has 5 rings (SSSR count). The summed E-state index contributed by atoms with van der Waals surface area (Å²) in [5.41, 5.74) is 2.97. The van der Waals surface area contributed by atoms with Gasteiger partial charge in [0.25, 0.3) is 5.91 Å². The summed E-state index contributed by atoms with van der Waals surface area (Å²) >= 11 is 6.49. The molecule has 1 saturated heterocycles. The van der Waals surface area contributed by atoms with Gasteiger partial charge in [-0.1, -0.05) is 42.3 Å². The van der Waals surface area contributed by atoms with Crippen molar-refractivity contribution in [3.8, 4) is 5.75 Å². The average molecular weight is 447 g/mol. The highest BCUT2D eigenvalue weighted by Crippen LogP contribution is 2.31. The number of rotatable bonds is 4. The zero-order valence-corrected chi connectivity index (χ0v) is 18.6. The number of hydrogen-bond acceptors (Lipinski definition) is 3. The standard InChI is InChI=1S/C24H27ClN2O2.ClH/c25-23-14-21(29-20-10-12-26(13-11-20)19-6-3-7-19)8-9-22(23)24(28)27-15-17-4-1-2-5-18(17)16-27;/h1-2,4-5,8-9,14,19-20H,3,6-7,10-13,15-16H2;1H. The third-order valence-electron chi connectivity index (χ3n) is 6.67. The minimum absolute atomic E-state index is 0. The molecule has 30 heavy (non-hydrogen) atoms. The van der Waals surface area contributed by atoms with E-state index in [0.29, 0.717) is 23.7 Å². The van der Waals surface area contributed by atoms with E-state index in [4.69, 9.17) is 16.3 Å². The van der Waals surface area contributed by atoms with Gasteiger partial charge in [-0.25, -0.2) is 0 Å². The van der Waals surface area contributed by atoms with Crippen LogP contribution in [0.3, 0.4) is 0 Å². The number of likely N-dealkylation sites (tertiary alicyclic amines) is 1. The minimum atomic E-state index is -0.0217. The van der Waals surface area contributed by atoms with E-state index in [2.05, 4.69) is 17.0 Å². The Morgan fingerprint density at radius 3 is 2.20 bits per heavy atom. The van der Waals surface area contributed by atoms with Gasteiger partial charge in [-0.05, 0) is 55.0 Å². The number of fused-ring (bicyclic) bond motifs is 1. The van der Waals surface area contributed by atoms with Crippen LogP contribution in [0.1, 0.15) is 53.6 Å². The van der Waals surface area contributed by atoms with Crippen LogP contribution in [-0.2, 0) is 13.1 Å². The van der Waals surface area contributed by atoms with Gasteiger partial charge in [0.1, 0.15) is 11.9 Å². The maximum Gasteiger partial charge on any atom is 0.255 e. The quantitative estimate of drug-likeness (QED) is 0.637. The topological polar surface area (TPSA) is 32.8 Å².